The molecule has 2 N–H and O–H groups in total. The predicted octanol–water partition coefficient (Wildman–Crippen LogP) is 3.05. The highest BCUT2D eigenvalue weighted by molar-refractivity contribution is 7.09. The van der Waals surface area contributed by atoms with Crippen molar-refractivity contribution in [2.45, 2.75) is 25.9 Å². The summed E-state index contributed by atoms with van der Waals surface area (Å²) in [6.07, 6.45) is 2.07. The number of rotatable bonds is 6. The molecule has 27 heavy (non-hydrogen) atoms. The van der Waals surface area contributed by atoms with Crippen LogP contribution in [0.2, 0.25) is 5.02 Å². The fourth-order valence-electron chi connectivity index (χ4n) is 3.19. The largest absolute Gasteiger partial charge is 0.348 e. The number of benzene rings is 1. The molecular formula is C20H24ClN3O2S. The van der Waals surface area contributed by atoms with Crippen LogP contribution in [0.25, 0.3) is 0 Å². The van der Waals surface area contributed by atoms with Crippen LogP contribution in [-0.2, 0) is 22.7 Å². The number of carbonyl (C=O) groups is 2. The molecule has 1 aromatic carbocycles. The van der Waals surface area contributed by atoms with E-state index in [2.05, 4.69) is 33.0 Å². The van der Waals surface area contributed by atoms with Gasteiger partial charge in [-0.25, -0.2) is 0 Å². The Morgan fingerprint density at radius 2 is 1.81 bits per heavy atom. The maximum absolute atomic E-state index is 12.0. The Balaban J connectivity index is 1.34. The summed E-state index contributed by atoms with van der Waals surface area (Å²) in [5.41, 5.74) is 0.790. The van der Waals surface area contributed by atoms with Crippen LogP contribution in [0.5, 0.6) is 0 Å². The van der Waals surface area contributed by atoms with Gasteiger partial charge in [-0.3, -0.25) is 14.5 Å². The highest BCUT2D eigenvalue weighted by Gasteiger charge is 2.21. The first-order valence-corrected chi connectivity index (χ1v) is 10.4. The predicted molar refractivity (Wildman–Crippen MR) is 109 cm³/mol. The van der Waals surface area contributed by atoms with Crippen molar-refractivity contribution in [2.24, 2.45) is 5.92 Å². The normalized spacial score (nSPS) is 15.4. The van der Waals surface area contributed by atoms with Crippen LogP contribution in [-0.4, -0.2) is 36.3 Å². The van der Waals surface area contributed by atoms with Gasteiger partial charge >= 0.3 is 11.8 Å². The lowest BCUT2D eigenvalue weighted by atomic mass is 9.97. The fraction of sp³-hybridized carbons (Fsp3) is 0.400. The van der Waals surface area contributed by atoms with Gasteiger partial charge < -0.3 is 10.6 Å². The molecule has 0 spiro atoms. The minimum absolute atomic E-state index is 0.243. The van der Waals surface area contributed by atoms with Crippen LogP contribution < -0.4 is 10.6 Å². The van der Waals surface area contributed by atoms with Crippen LogP contribution >= 0.6 is 22.9 Å². The van der Waals surface area contributed by atoms with E-state index >= 15 is 0 Å². The molecule has 0 atom stereocenters. The Labute approximate surface area is 168 Å². The summed E-state index contributed by atoms with van der Waals surface area (Å²) in [6.45, 7) is 3.84. The number of thiophene rings is 1. The van der Waals surface area contributed by atoms with Gasteiger partial charge in [0.25, 0.3) is 0 Å². The van der Waals surface area contributed by atoms with Crippen LogP contribution in [0.15, 0.2) is 41.8 Å². The number of halogens is 1. The van der Waals surface area contributed by atoms with Crippen molar-refractivity contribution in [3.8, 4) is 0 Å². The molecule has 7 heteroatoms. The molecule has 2 amide bonds. The minimum Gasteiger partial charge on any atom is -0.348 e. The summed E-state index contributed by atoms with van der Waals surface area (Å²) in [6, 6.07) is 11.5. The molecule has 0 aliphatic carbocycles. The van der Waals surface area contributed by atoms with Crippen molar-refractivity contribution in [1.29, 1.82) is 0 Å². The van der Waals surface area contributed by atoms with Crippen LogP contribution in [0, 0.1) is 5.92 Å². The number of likely N-dealkylation sites (tertiary alicyclic amines) is 1. The second-order valence-corrected chi connectivity index (χ2v) is 8.22. The molecule has 1 saturated heterocycles. The van der Waals surface area contributed by atoms with E-state index in [1.807, 2.05) is 18.2 Å². The minimum atomic E-state index is -0.620. The van der Waals surface area contributed by atoms with E-state index in [1.165, 1.54) is 4.88 Å². The zero-order valence-electron chi connectivity index (χ0n) is 15.1. The third-order valence-electron chi connectivity index (χ3n) is 4.82. The molecule has 144 valence electrons. The molecule has 3 rings (SSSR count). The number of amides is 2. The van der Waals surface area contributed by atoms with Crippen molar-refractivity contribution in [1.82, 2.24) is 15.5 Å². The van der Waals surface area contributed by atoms with E-state index in [9.17, 15) is 9.59 Å². The number of hydrogen-bond donors (Lipinski definition) is 2. The zero-order chi connectivity index (χ0) is 19.1. The van der Waals surface area contributed by atoms with Crippen LogP contribution in [0.3, 0.4) is 0 Å². The van der Waals surface area contributed by atoms with E-state index in [4.69, 9.17) is 11.6 Å². The maximum Gasteiger partial charge on any atom is 0.309 e. The number of carbonyl (C=O) groups excluding carboxylic acids is 2. The summed E-state index contributed by atoms with van der Waals surface area (Å²) in [5, 5.41) is 8.06. The first-order chi connectivity index (χ1) is 13.1. The first-order valence-electron chi connectivity index (χ1n) is 9.16. The summed E-state index contributed by atoms with van der Waals surface area (Å²) in [7, 11) is 0. The van der Waals surface area contributed by atoms with Gasteiger partial charge in [0.2, 0.25) is 0 Å². The van der Waals surface area contributed by atoms with Gasteiger partial charge in [-0.05, 0) is 54.9 Å². The third kappa shape index (κ3) is 6.06. The summed E-state index contributed by atoms with van der Waals surface area (Å²) < 4.78 is 0. The van der Waals surface area contributed by atoms with E-state index < -0.39 is 11.8 Å². The smallest absolute Gasteiger partial charge is 0.309 e. The lowest BCUT2D eigenvalue weighted by Crippen LogP contribution is -2.43. The average molecular weight is 406 g/mol. The van der Waals surface area contributed by atoms with Crippen molar-refractivity contribution < 1.29 is 9.59 Å². The molecule has 0 radical (unpaired) electrons. The number of hydrogen-bond acceptors (Lipinski definition) is 4. The SMILES string of the molecule is O=C(NCc1ccccc1Cl)C(=O)NCC1CCN(Cc2cccs2)CC1. The van der Waals surface area contributed by atoms with Gasteiger partial charge in [-0.1, -0.05) is 35.9 Å². The van der Waals surface area contributed by atoms with Gasteiger partial charge in [0.15, 0.2) is 0 Å². The monoisotopic (exact) mass is 405 g/mol. The Morgan fingerprint density at radius 3 is 2.52 bits per heavy atom. The standard InChI is InChI=1S/C20H24ClN3O2S/c21-18-6-2-1-4-16(18)13-23-20(26)19(25)22-12-15-7-9-24(10-8-15)14-17-5-3-11-27-17/h1-6,11,15H,7-10,12-14H2,(H,22,25)(H,23,26). The molecule has 2 heterocycles. The van der Waals surface area contributed by atoms with Gasteiger partial charge in [0.1, 0.15) is 0 Å². The van der Waals surface area contributed by atoms with Gasteiger partial charge in [0, 0.05) is 29.5 Å². The number of nitrogens with zero attached hydrogens (tertiary/aromatic N) is 1. The van der Waals surface area contributed by atoms with Gasteiger partial charge in [0.05, 0.1) is 0 Å². The van der Waals surface area contributed by atoms with Crippen molar-refractivity contribution >= 4 is 34.8 Å². The Morgan fingerprint density at radius 1 is 1.07 bits per heavy atom. The molecule has 1 fully saturated rings. The highest BCUT2D eigenvalue weighted by atomic mass is 35.5. The maximum atomic E-state index is 12.0. The van der Waals surface area contributed by atoms with E-state index in [1.54, 1.807) is 17.4 Å². The topological polar surface area (TPSA) is 61.4 Å². The lowest BCUT2D eigenvalue weighted by molar-refractivity contribution is -0.139. The summed E-state index contributed by atoms with van der Waals surface area (Å²) in [5.74, 6) is -0.780. The molecule has 1 aliphatic heterocycles. The van der Waals surface area contributed by atoms with Gasteiger partial charge in [-0.15, -0.1) is 11.3 Å². The molecular weight excluding hydrogens is 382 g/mol. The first kappa shape index (κ1) is 19.9. The second-order valence-electron chi connectivity index (χ2n) is 6.78. The van der Waals surface area contributed by atoms with Gasteiger partial charge in [-0.2, -0.15) is 0 Å². The Bertz CT molecular complexity index is 758. The van der Waals surface area contributed by atoms with Crippen LogP contribution in [0.1, 0.15) is 23.3 Å². The van der Waals surface area contributed by atoms with Crippen LogP contribution in [0.4, 0.5) is 0 Å². The summed E-state index contributed by atoms with van der Waals surface area (Å²) >= 11 is 7.84. The Kier molecular flexibility index (Phi) is 7.26. The van der Waals surface area contributed by atoms with E-state index in [0.29, 0.717) is 17.5 Å². The molecule has 5 nitrogen and oxygen atoms in total. The quantitative estimate of drug-likeness (QED) is 0.726. The van der Waals surface area contributed by atoms with E-state index in [-0.39, 0.29) is 6.54 Å². The molecule has 0 unspecified atom stereocenters. The zero-order valence-corrected chi connectivity index (χ0v) is 16.7. The number of nitrogens with one attached hydrogen (secondary N) is 2. The molecule has 0 saturated carbocycles. The Hall–Kier alpha value is -1.89. The molecule has 1 aliphatic rings. The van der Waals surface area contributed by atoms with E-state index in [0.717, 1.165) is 38.0 Å². The third-order valence-corrected chi connectivity index (χ3v) is 6.05. The lowest BCUT2D eigenvalue weighted by Gasteiger charge is -2.31. The summed E-state index contributed by atoms with van der Waals surface area (Å²) in [4.78, 5) is 27.8. The number of piperidine rings is 1. The highest BCUT2D eigenvalue weighted by Crippen LogP contribution is 2.20. The van der Waals surface area contributed by atoms with Crippen molar-refractivity contribution in [2.75, 3.05) is 19.6 Å². The molecule has 1 aromatic heterocycles. The molecule has 0 bridgehead atoms. The molecule has 2 aromatic rings. The second kappa shape index (κ2) is 9.88. The average Bonchev–Trinajstić information content (AvgIpc) is 3.19. The fourth-order valence-corrected chi connectivity index (χ4v) is 4.14. The van der Waals surface area contributed by atoms with Crippen molar-refractivity contribution in [3.05, 3.63) is 57.2 Å². The van der Waals surface area contributed by atoms with Crippen molar-refractivity contribution in [3.63, 3.8) is 0 Å².